The largest absolute Gasteiger partial charge is 0.327 e. The van der Waals surface area contributed by atoms with Gasteiger partial charge in [-0.1, -0.05) is 64.8 Å². The molecule has 3 atom stereocenters. The monoisotopic (exact) mass is 428 g/mol. The lowest BCUT2D eigenvalue weighted by Crippen LogP contribution is -2.47. The van der Waals surface area contributed by atoms with Crippen molar-refractivity contribution >= 4 is 0 Å². The van der Waals surface area contributed by atoms with Gasteiger partial charge in [0.2, 0.25) is 0 Å². The highest BCUT2D eigenvalue weighted by Gasteiger charge is 2.36. The Balaban J connectivity index is 1.70. The third kappa shape index (κ3) is 6.36. The van der Waals surface area contributed by atoms with Gasteiger partial charge in [0, 0.05) is 17.6 Å². The summed E-state index contributed by atoms with van der Waals surface area (Å²) >= 11 is 0. The van der Waals surface area contributed by atoms with E-state index in [0.717, 1.165) is 31.9 Å². The van der Waals surface area contributed by atoms with Gasteiger partial charge in [-0.05, 0) is 72.4 Å². The van der Waals surface area contributed by atoms with Crippen LogP contribution in [0.3, 0.4) is 0 Å². The third-order valence-electron chi connectivity index (χ3n) is 6.68. The predicted molar refractivity (Wildman–Crippen MR) is 125 cm³/mol. The molecule has 0 spiro atoms. The van der Waals surface area contributed by atoms with Crippen molar-refractivity contribution in [1.82, 2.24) is 5.32 Å². The zero-order valence-corrected chi connectivity index (χ0v) is 19.5. The molecule has 0 heterocycles. The highest BCUT2D eigenvalue weighted by atomic mass is 19.1. The number of hydrogen-bond acceptors (Lipinski definition) is 2. The SMILES string of the molecule is CC1CCCC(NCCC(N)Cc2cc(F)cc(F)c2)(c2cccc(C(C)(C)C)c2)C1. The van der Waals surface area contributed by atoms with E-state index in [1.165, 1.54) is 36.1 Å². The fourth-order valence-electron chi connectivity index (χ4n) is 4.99. The molecule has 3 unspecified atom stereocenters. The zero-order valence-electron chi connectivity index (χ0n) is 19.5. The van der Waals surface area contributed by atoms with Crippen molar-refractivity contribution < 1.29 is 8.78 Å². The number of halogens is 2. The van der Waals surface area contributed by atoms with Crippen LogP contribution in [0.1, 0.15) is 76.5 Å². The molecular weight excluding hydrogens is 390 g/mol. The average molecular weight is 429 g/mol. The smallest absolute Gasteiger partial charge is 0.126 e. The first kappa shape index (κ1) is 23.9. The fraction of sp³-hybridized carbons (Fsp3) is 0.556. The Morgan fingerprint density at radius 2 is 1.84 bits per heavy atom. The third-order valence-corrected chi connectivity index (χ3v) is 6.68. The van der Waals surface area contributed by atoms with E-state index in [9.17, 15) is 8.78 Å². The summed E-state index contributed by atoms with van der Waals surface area (Å²) in [5.41, 5.74) is 9.74. The Morgan fingerprint density at radius 3 is 2.48 bits per heavy atom. The molecule has 3 rings (SSSR count). The van der Waals surface area contributed by atoms with Gasteiger partial charge in [0.05, 0.1) is 0 Å². The minimum absolute atomic E-state index is 0.0381. The van der Waals surface area contributed by atoms with E-state index in [1.54, 1.807) is 0 Å². The molecule has 31 heavy (non-hydrogen) atoms. The van der Waals surface area contributed by atoms with Crippen LogP contribution in [-0.4, -0.2) is 12.6 Å². The Kier molecular flexibility index (Phi) is 7.54. The maximum atomic E-state index is 13.5. The van der Waals surface area contributed by atoms with Gasteiger partial charge in [-0.15, -0.1) is 0 Å². The predicted octanol–water partition coefficient (Wildman–Crippen LogP) is 6.22. The molecule has 2 nitrogen and oxygen atoms in total. The number of rotatable bonds is 7. The summed E-state index contributed by atoms with van der Waals surface area (Å²) in [6.07, 6.45) is 5.95. The lowest BCUT2D eigenvalue weighted by atomic mass is 9.71. The molecule has 1 aliphatic carbocycles. The average Bonchev–Trinajstić information content (AvgIpc) is 2.66. The van der Waals surface area contributed by atoms with Crippen molar-refractivity contribution in [2.24, 2.45) is 11.7 Å². The highest BCUT2D eigenvalue weighted by Crippen LogP contribution is 2.41. The molecule has 0 radical (unpaired) electrons. The Bertz CT molecular complexity index is 854. The lowest BCUT2D eigenvalue weighted by molar-refractivity contribution is 0.186. The Hall–Kier alpha value is -1.78. The maximum Gasteiger partial charge on any atom is 0.126 e. The summed E-state index contributed by atoms with van der Waals surface area (Å²) in [6.45, 7) is 9.89. The van der Waals surface area contributed by atoms with Crippen molar-refractivity contribution in [3.63, 3.8) is 0 Å². The van der Waals surface area contributed by atoms with Crippen molar-refractivity contribution in [2.45, 2.75) is 83.2 Å². The molecule has 0 aliphatic heterocycles. The van der Waals surface area contributed by atoms with Gasteiger partial charge in [-0.25, -0.2) is 8.78 Å². The van der Waals surface area contributed by atoms with Crippen LogP contribution in [0.15, 0.2) is 42.5 Å². The van der Waals surface area contributed by atoms with E-state index in [4.69, 9.17) is 5.73 Å². The number of benzene rings is 2. The van der Waals surface area contributed by atoms with Crippen molar-refractivity contribution in [3.05, 3.63) is 70.8 Å². The summed E-state index contributed by atoms with van der Waals surface area (Å²) in [5, 5.41) is 3.87. The van der Waals surface area contributed by atoms with Gasteiger partial charge in [-0.3, -0.25) is 0 Å². The minimum atomic E-state index is -0.547. The number of hydrogen-bond donors (Lipinski definition) is 2. The quantitative estimate of drug-likeness (QED) is 0.550. The van der Waals surface area contributed by atoms with Gasteiger partial charge in [0.25, 0.3) is 0 Å². The first-order valence-corrected chi connectivity index (χ1v) is 11.6. The minimum Gasteiger partial charge on any atom is -0.327 e. The van der Waals surface area contributed by atoms with Crippen LogP contribution in [0.5, 0.6) is 0 Å². The topological polar surface area (TPSA) is 38.0 Å². The second-order valence-electron chi connectivity index (χ2n) is 10.6. The van der Waals surface area contributed by atoms with E-state index in [-0.39, 0.29) is 17.0 Å². The first-order chi connectivity index (χ1) is 14.6. The van der Waals surface area contributed by atoms with Gasteiger partial charge >= 0.3 is 0 Å². The molecule has 0 bridgehead atoms. The van der Waals surface area contributed by atoms with Crippen molar-refractivity contribution in [3.8, 4) is 0 Å². The molecule has 2 aromatic rings. The molecule has 1 aliphatic rings. The molecule has 0 amide bonds. The molecule has 1 fully saturated rings. The van der Waals surface area contributed by atoms with Gasteiger partial charge < -0.3 is 11.1 Å². The molecule has 2 aromatic carbocycles. The van der Waals surface area contributed by atoms with Crippen molar-refractivity contribution in [2.75, 3.05) is 6.54 Å². The molecular formula is C27H38F2N2. The summed E-state index contributed by atoms with van der Waals surface area (Å²) in [6, 6.07) is 12.5. The van der Waals surface area contributed by atoms with Crippen LogP contribution in [0.2, 0.25) is 0 Å². The second-order valence-corrected chi connectivity index (χ2v) is 10.6. The maximum absolute atomic E-state index is 13.5. The van der Waals surface area contributed by atoms with Crippen LogP contribution >= 0.6 is 0 Å². The Morgan fingerprint density at radius 1 is 1.13 bits per heavy atom. The molecule has 4 heteroatoms. The molecule has 170 valence electrons. The van der Waals surface area contributed by atoms with Crippen LogP contribution < -0.4 is 11.1 Å². The van der Waals surface area contributed by atoms with Crippen molar-refractivity contribution in [1.29, 1.82) is 0 Å². The highest BCUT2D eigenvalue weighted by molar-refractivity contribution is 5.34. The van der Waals surface area contributed by atoms with Crippen LogP contribution in [0.4, 0.5) is 8.78 Å². The molecule has 3 N–H and O–H groups in total. The van der Waals surface area contributed by atoms with Gasteiger partial charge in [0.15, 0.2) is 0 Å². The first-order valence-electron chi connectivity index (χ1n) is 11.6. The van der Waals surface area contributed by atoms with Gasteiger partial charge in [-0.2, -0.15) is 0 Å². The molecule has 0 aromatic heterocycles. The molecule has 0 saturated heterocycles. The van der Waals surface area contributed by atoms with E-state index in [1.807, 2.05) is 0 Å². The van der Waals surface area contributed by atoms with E-state index in [0.29, 0.717) is 17.9 Å². The second kappa shape index (κ2) is 9.79. The number of nitrogens with two attached hydrogens (primary N) is 1. The summed E-state index contributed by atoms with van der Waals surface area (Å²) in [7, 11) is 0. The summed E-state index contributed by atoms with van der Waals surface area (Å²) in [4.78, 5) is 0. The number of nitrogens with one attached hydrogen (secondary N) is 1. The standard InChI is InChI=1S/C27H38F2N2/c1-19-7-6-11-27(18-19,22-9-5-8-21(16-22)26(2,3)4)31-12-10-25(30)15-20-13-23(28)17-24(29)14-20/h5,8-9,13-14,16-17,19,25,31H,6-7,10-12,15,18,30H2,1-4H3. The van der Waals surface area contributed by atoms with Crippen LogP contribution in [0.25, 0.3) is 0 Å². The van der Waals surface area contributed by atoms with Crippen LogP contribution in [-0.2, 0) is 17.4 Å². The normalized spacial score (nSPS) is 23.0. The van der Waals surface area contributed by atoms with E-state index >= 15 is 0 Å². The van der Waals surface area contributed by atoms with E-state index in [2.05, 4.69) is 57.3 Å². The Labute approximate surface area is 186 Å². The summed E-state index contributed by atoms with van der Waals surface area (Å²) in [5.74, 6) is -0.424. The summed E-state index contributed by atoms with van der Waals surface area (Å²) < 4.78 is 26.9. The zero-order chi connectivity index (χ0) is 22.6. The fourth-order valence-corrected chi connectivity index (χ4v) is 4.99. The lowest BCUT2D eigenvalue weighted by Gasteiger charge is -2.42. The van der Waals surface area contributed by atoms with Crippen LogP contribution in [0, 0.1) is 17.6 Å². The molecule has 1 saturated carbocycles. The van der Waals surface area contributed by atoms with Gasteiger partial charge in [0.1, 0.15) is 11.6 Å². The van der Waals surface area contributed by atoms with E-state index < -0.39 is 11.6 Å².